The minimum atomic E-state index is 0.419. The third-order valence-corrected chi connectivity index (χ3v) is 4.47. The number of para-hydroxylation sites is 2. The molecule has 1 atom stereocenters. The van der Waals surface area contributed by atoms with Gasteiger partial charge >= 0.3 is 0 Å². The lowest BCUT2D eigenvalue weighted by Gasteiger charge is -2.29. The number of rotatable bonds is 0. The SMILES string of the molecule is C1=CC2Sc3ccccc3N2c2ccccc21. The summed E-state index contributed by atoms with van der Waals surface area (Å²) in [5.41, 5.74) is 3.96. The average molecular weight is 237 g/mol. The first-order valence-corrected chi connectivity index (χ1v) is 6.63. The Hall–Kier alpha value is -1.67. The van der Waals surface area contributed by atoms with E-state index >= 15 is 0 Å². The molecule has 0 fully saturated rings. The van der Waals surface area contributed by atoms with Crippen molar-refractivity contribution in [2.45, 2.75) is 10.3 Å². The van der Waals surface area contributed by atoms with Gasteiger partial charge in [0.15, 0.2) is 0 Å². The molecule has 0 bridgehead atoms. The molecule has 17 heavy (non-hydrogen) atoms. The Morgan fingerprint density at radius 3 is 2.59 bits per heavy atom. The summed E-state index contributed by atoms with van der Waals surface area (Å²) in [5.74, 6) is 0. The van der Waals surface area contributed by atoms with Crippen molar-refractivity contribution in [2.75, 3.05) is 4.90 Å². The lowest BCUT2D eigenvalue weighted by Crippen LogP contribution is -2.24. The third kappa shape index (κ3) is 1.28. The van der Waals surface area contributed by atoms with Crippen LogP contribution in [0.15, 0.2) is 59.5 Å². The fourth-order valence-corrected chi connectivity index (χ4v) is 3.70. The summed E-state index contributed by atoms with van der Waals surface area (Å²) in [6.07, 6.45) is 4.52. The maximum Gasteiger partial charge on any atom is 0.103 e. The molecule has 2 aliphatic heterocycles. The Labute approximate surface area is 105 Å². The van der Waals surface area contributed by atoms with E-state index in [1.165, 1.54) is 21.8 Å². The van der Waals surface area contributed by atoms with Gasteiger partial charge in [-0.1, -0.05) is 54.2 Å². The van der Waals surface area contributed by atoms with Gasteiger partial charge in [-0.15, -0.1) is 0 Å². The second-order valence-corrected chi connectivity index (χ2v) is 5.42. The first-order valence-electron chi connectivity index (χ1n) is 5.76. The molecule has 2 aromatic carbocycles. The smallest absolute Gasteiger partial charge is 0.103 e. The molecule has 1 unspecified atom stereocenters. The van der Waals surface area contributed by atoms with E-state index < -0.39 is 0 Å². The van der Waals surface area contributed by atoms with Crippen LogP contribution in [-0.4, -0.2) is 5.37 Å². The molecule has 0 saturated heterocycles. The van der Waals surface area contributed by atoms with E-state index in [1.54, 1.807) is 0 Å². The lowest BCUT2D eigenvalue weighted by atomic mass is 10.1. The molecule has 0 spiro atoms. The summed E-state index contributed by atoms with van der Waals surface area (Å²) in [7, 11) is 0. The maximum absolute atomic E-state index is 2.43. The molecule has 1 nitrogen and oxygen atoms in total. The Bertz CT molecular complexity index is 618. The normalized spacial score (nSPS) is 19.8. The molecule has 0 aliphatic carbocycles. The first kappa shape index (κ1) is 9.37. The number of anilines is 2. The Morgan fingerprint density at radius 1 is 0.882 bits per heavy atom. The van der Waals surface area contributed by atoms with Crippen LogP contribution in [0.25, 0.3) is 6.08 Å². The average Bonchev–Trinajstić information content (AvgIpc) is 2.77. The largest absolute Gasteiger partial charge is 0.323 e. The van der Waals surface area contributed by atoms with Gasteiger partial charge in [-0.25, -0.2) is 0 Å². The predicted molar refractivity (Wildman–Crippen MR) is 73.7 cm³/mol. The lowest BCUT2D eigenvalue weighted by molar-refractivity contribution is 1.04. The van der Waals surface area contributed by atoms with Crippen molar-refractivity contribution in [3.8, 4) is 0 Å². The minimum Gasteiger partial charge on any atom is -0.323 e. The second-order valence-electron chi connectivity index (χ2n) is 4.26. The Kier molecular flexibility index (Phi) is 1.88. The van der Waals surface area contributed by atoms with Crippen LogP contribution in [0.2, 0.25) is 0 Å². The molecule has 2 aliphatic rings. The van der Waals surface area contributed by atoms with Crippen LogP contribution < -0.4 is 4.90 Å². The van der Waals surface area contributed by atoms with E-state index in [1.807, 2.05) is 11.8 Å². The van der Waals surface area contributed by atoms with E-state index in [4.69, 9.17) is 0 Å². The number of thioether (sulfide) groups is 1. The van der Waals surface area contributed by atoms with Crippen LogP contribution in [0.4, 0.5) is 11.4 Å². The molecule has 2 heterocycles. The van der Waals surface area contributed by atoms with E-state index in [-0.39, 0.29) is 0 Å². The van der Waals surface area contributed by atoms with Crippen molar-refractivity contribution in [3.63, 3.8) is 0 Å². The number of benzene rings is 2. The highest BCUT2D eigenvalue weighted by Crippen LogP contribution is 2.50. The van der Waals surface area contributed by atoms with Crippen LogP contribution in [0, 0.1) is 0 Å². The van der Waals surface area contributed by atoms with Crippen LogP contribution in [-0.2, 0) is 0 Å². The van der Waals surface area contributed by atoms with Gasteiger partial charge in [-0.05, 0) is 23.8 Å². The molecule has 82 valence electrons. The van der Waals surface area contributed by atoms with Gasteiger partial charge in [-0.3, -0.25) is 0 Å². The summed E-state index contributed by atoms with van der Waals surface area (Å²) < 4.78 is 0. The minimum absolute atomic E-state index is 0.419. The molecular weight excluding hydrogens is 226 g/mol. The summed E-state index contributed by atoms with van der Waals surface area (Å²) in [6.45, 7) is 0. The van der Waals surface area contributed by atoms with Gasteiger partial charge in [0.05, 0.1) is 5.69 Å². The zero-order valence-electron chi connectivity index (χ0n) is 9.21. The summed E-state index contributed by atoms with van der Waals surface area (Å²) in [6, 6.07) is 17.2. The highest BCUT2D eigenvalue weighted by Gasteiger charge is 2.32. The van der Waals surface area contributed by atoms with Gasteiger partial charge in [0.1, 0.15) is 5.37 Å². The van der Waals surface area contributed by atoms with Gasteiger partial charge in [0.2, 0.25) is 0 Å². The summed E-state index contributed by atoms with van der Waals surface area (Å²) in [5, 5.41) is 0.419. The predicted octanol–water partition coefficient (Wildman–Crippen LogP) is 4.28. The molecule has 2 aromatic rings. The second kappa shape index (κ2) is 3.41. The Balaban J connectivity index is 1.96. The zero-order chi connectivity index (χ0) is 11.2. The number of fused-ring (bicyclic) bond motifs is 5. The van der Waals surface area contributed by atoms with E-state index in [0.29, 0.717) is 5.37 Å². The van der Waals surface area contributed by atoms with E-state index in [9.17, 15) is 0 Å². The number of hydrogen-bond donors (Lipinski definition) is 0. The van der Waals surface area contributed by atoms with Crippen molar-refractivity contribution >= 4 is 29.2 Å². The Morgan fingerprint density at radius 2 is 1.65 bits per heavy atom. The molecule has 0 aromatic heterocycles. The molecule has 0 saturated carbocycles. The van der Waals surface area contributed by atoms with Crippen molar-refractivity contribution < 1.29 is 0 Å². The highest BCUT2D eigenvalue weighted by molar-refractivity contribution is 8.00. The maximum atomic E-state index is 2.43. The fourth-order valence-electron chi connectivity index (χ4n) is 2.50. The monoisotopic (exact) mass is 237 g/mol. The third-order valence-electron chi connectivity index (χ3n) is 3.26. The van der Waals surface area contributed by atoms with Crippen molar-refractivity contribution in [1.82, 2.24) is 0 Å². The van der Waals surface area contributed by atoms with Gasteiger partial charge in [0, 0.05) is 10.6 Å². The topological polar surface area (TPSA) is 3.24 Å². The standard InChI is InChI=1S/C15H11NS/c1-2-6-12-11(5-1)9-10-15-16(12)13-7-3-4-8-14(13)17-15/h1-10,15H. The summed E-state index contributed by atoms with van der Waals surface area (Å²) in [4.78, 5) is 3.80. The van der Waals surface area contributed by atoms with Gasteiger partial charge in [0.25, 0.3) is 0 Å². The van der Waals surface area contributed by atoms with Crippen molar-refractivity contribution in [1.29, 1.82) is 0 Å². The van der Waals surface area contributed by atoms with Crippen LogP contribution >= 0.6 is 11.8 Å². The van der Waals surface area contributed by atoms with Gasteiger partial charge in [-0.2, -0.15) is 0 Å². The molecule has 0 radical (unpaired) electrons. The first-order chi connectivity index (χ1) is 8.43. The molecule has 0 amide bonds. The quantitative estimate of drug-likeness (QED) is 0.672. The molecular formula is C15H11NS. The summed E-state index contributed by atoms with van der Waals surface area (Å²) >= 11 is 1.92. The fraction of sp³-hybridized carbons (Fsp3) is 0.0667. The molecule has 2 heteroatoms. The van der Waals surface area contributed by atoms with Crippen LogP contribution in [0.5, 0.6) is 0 Å². The zero-order valence-corrected chi connectivity index (χ0v) is 10.0. The van der Waals surface area contributed by atoms with Crippen molar-refractivity contribution in [3.05, 3.63) is 60.2 Å². The van der Waals surface area contributed by atoms with E-state index in [0.717, 1.165) is 0 Å². The van der Waals surface area contributed by atoms with Crippen LogP contribution in [0.3, 0.4) is 0 Å². The number of nitrogens with zero attached hydrogens (tertiary/aromatic N) is 1. The van der Waals surface area contributed by atoms with Crippen LogP contribution in [0.1, 0.15) is 5.56 Å². The number of hydrogen-bond acceptors (Lipinski definition) is 2. The van der Waals surface area contributed by atoms with Gasteiger partial charge < -0.3 is 4.90 Å². The molecule has 4 rings (SSSR count). The van der Waals surface area contributed by atoms with Crippen molar-refractivity contribution in [2.24, 2.45) is 0 Å². The van der Waals surface area contributed by atoms with E-state index in [2.05, 4.69) is 65.6 Å². The highest BCUT2D eigenvalue weighted by atomic mass is 32.2. The molecule has 0 N–H and O–H groups in total.